The molecule has 0 bridgehead atoms. The van der Waals surface area contributed by atoms with Crippen molar-refractivity contribution in [3.63, 3.8) is 0 Å². The maximum absolute atomic E-state index is 12.3. The van der Waals surface area contributed by atoms with Gasteiger partial charge in [0.05, 0.1) is 0 Å². The number of hydrogen-bond acceptors (Lipinski definition) is 8. The van der Waals surface area contributed by atoms with Crippen LogP contribution in [0.2, 0.25) is 0 Å². The molecule has 2 heterocycles. The fourth-order valence-corrected chi connectivity index (χ4v) is 3.38. The van der Waals surface area contributed by atoms with Gasteiger partial charge in [0.2, 0.25) is 0 Å². The summed E-state index contributed by atoms with van der Waals surface area (Å²) in [6.45, 7) is 0.485. The highest BCUT2D eigenvalue weighted by Gasteiger charge is 2.35. The van der Waals surface area contributed by atoms with Crippen LogP contribution < -0.4 is 21.7 Å². The van der Waals surface area contributed by atoms with Crippen LogP contribution in [0.5, 0.6) is 0 Å². The van der Waals surface area contributed by atoms with Gasteiger partial charge in [-0.25, -0.2) is 9.79 Å². The van der Waals surface area contributed by atoms with Crippen molar-refractivity contribution in [1.29, 1.82) is 0 Å². The summed E-state index contributed by atoms with van der Waals surface area (Å²) in [6, 6.07) is 4.71. The number of carbonyl (C=O) groups excluding carboxylic acids is 2. The highest BCUT2D eigenvalue weighted by molar-refractivity contribution is 6.03. The van der Waals surface area contributed by atoms with Crippen molar-refractivity contribution in [3.8, 4) is 0 Å². The molecule has 0 saturated carbocycles. The first-order valence-electron chi connectivity index (χ1n) is 10.0. The number of nitrogens with one attached hydrogen (secondary N) is 3. The minimum absolute atomic E-state index is 0.0723. The zero-order valence-electron chi connectivity index (χ0n) is 17.1. The minimum Gasteiger partial charge on any atom is -0.481 e. The minimum atomic E-state index is -1.29. The van der Waals surface area contributed by atoms with E-state index in [-0.39, 0.29) is 30.3 Å². The molecule has 32 heavy (non-hydrogen) atoms. The normalized spacial score (nSPS) is 20.8. The second-order valence-electron chi connectivity index (χ2n) is 7.46. The van der Waals surface area contributed by atoms with Gasteiger partial charge >= 0.3 is 11.9 Å². The largest absolute Gasteiger partial charge is 0.481 e. The molecule has 12 nitrogen and oxygen atoms in total. The van der Waals surface area contributed by atoms with E-state index in [2.05, 4.69) is 25.9 Å². The number of nitrogens with zero attached hydrogens (tertiary/aromatic N) is 2. The lowest BCUT2D eigenvalue weighted by Crippen LogP contribution is -2.58. The topological polar surface area (TPSA) is 196 Å². The quantitative estimate of drug-likeness (QED) is 0.274. The fraction of sp³-hybridized carbons (Fsp3) is 0.400. The van der Waals surface area contributed by atoms with Gasteiger partial charge in [-0.15, -0.1) is 0 Å². The highest BCUT2D eigenvalue weighted by atomic mass is 16.4. The Labute approximate surface area is 183 Å². The van der Waals surface area contributed by atoms with Gasteiger partial charge in [0.25, 0.3) is 11.8 Å². The van der Waals surface area contributed by atoms with Crippen LogP contribution >= 0.6 is 0 Å². The van der Waals surface area contributed by atoms with Crippen LogP contribution in [-0.4, -0.2) is 70.4 Å². The Balaban J connectivity index is 1.55. The molecular weight excluding hydrogens is 420 g/mol. The zero-order valence-corrected chi connectivity index (χ0v) is 17.1. The molecule has 2 aliphatic heterocycles. The molecule has 12 heteroatoms. The molecule has 7 N–H and O–H groups in total. The number of aliphatic imine (C=N–C) groups is 2. The third-order valence-corrected chi connectivity index (χ3v) is 5.10. The molecule has 0 spiro atoms. The fourth-order valence-electron chi connectivity index (χ4n) is 3.38. The monoisotopic (exact) mass is 444 g/mol. The van der Waals surface area contributed by atoms with Crippen molar-refractivity contribution < 1.29 is 29.4 Å². The molecule has 0 aromatic heterocycles. The summed E-state index contributed by atoms with van der Waals surface area (Å²) in [5.74, 6) is -3.25. The third-order valence-electron chi connectivity index (χ3n) is 5.10. The van der Waals surface area contributed by atoms with E-state index >= 15 is 0 Å². The predicted molar refractivity (Wildman–Crippen MR) is 113 cm³/mol. The van der Waals surface area contributed by atoms with Gasteiger partial charge in [-0.1, -0.05) is 12.1 Å². The summed E-state index contributed by atoms with van der Waals surface area (Å²) in [7, 11) is 0. The lowest BCUT2D eigenvalue weighted by Gasteiger charge is -2.30. The second kappa shape index (κ2) is 10.0. The molecule has 0 saturated heterocycles. The number of carbonyl (C=O) groups is 4. The molecule has 170 valence electrons. The van der Waals surface area contributed by atoms with E-state index in [1.54, 1.807) is 24.3 Å². The summed E-state index contributed by atoms with van der Waals surface area (Å²) in [6.07, 6.45) is 0.198. The Hall–Kier alpha value is -3.80. The lowest BCUT2D eigenvalue weighted by atomic mass is 10.0. The smallest absolute Gasteiger partial charge is 0.326 e. The van der Waals surface area contributed by atoms with E-state index in [4.69, 9.17) is 15.9 Å². The summed E-state index contributed by atoms with van der Waals surface area (Å²) in [4.78, 5) is 54.8. The number of aliphatic carboxylic acids is 2. The number of fused-ring (bicyclic) bond motifs is 1. The highest BCUT2D eigenvalue weighted by Crippen LogP contribution is 2.14. The molecule has 0 radical (unpaired) electrons. The number of carboxylic acids is 2. The molecule has 1 aromatic rings. The SMILES string of the molecule is NC1=NC2NCC(CCc3ccc(C(=O)N[C@H](CCC(=O)O)C(=O)O)cc3)=NC2C(=O)N1. The van der Waals surface area contributed by atoms with E-state index < -0.39 is 36.1 Å². The standard InChI is InChI=1S/C20H24N6O6/c21-20-25-16-15(18(30)26-20)23-12(9-22-16)6-3-10-1-4-11(5-2-10)17(29)24-13(19(31)32)7-8-14(27)28/h1-2,4-5,13,15-16,22H,3,6-9H2,(H,24,29)(H,27,28)(H,31,32)(H3,21,25,26,30)/t13-,15?,16?/m1/s1. The average Bonchev–Trinajstić information content (AvgIpc) is 2.75. The first-order chi connectivity index (χ1) is 15.2. The van der Waals surface area contributed by atoms with Crippen molar-refractivity contribution in [1.82, 2.24) is 16.0 Å². The van der Waals surface area contributed by atoms with Crippen LogP contribution in [0, 0.1) is 0 Å². The van der Waals surface area contributed by atoms with Crippen molar-refractivity contribution in [3.05, 3.63) is 35.4 Å². The average molecular weight is 444 g/mol. The number of aryl methyl sites for hydroxylation is 1. The maximum Gasteiger partial charge on any atom is 0.326 e. The van der Waals surface area contributed by atoms with Gasteiger partial charge in [-0.05, 0) is 37.0 Å². The van der Waals surface area contributed by atoms with Gasteiger partial charge in [0.1, 0.15) is 12.2 Å². The molecule has 3 rings (SSSR count). The Bertz CT molecular complexity index is 973. The van der Waals surface area contributed by atoms with Crippen LogP contribution in [0.15, 0.2) is 34.3 Å². The van der Waals surface area contributed by atoms with Gasteiger partial charge in [-0.2, -0.15) is 0 Å². The number of carboxylic acid groups (broad SMARTS) is 2. The van der Waals surface area contributed by atoms with E-state index in [9.17, 15) is 19.2 Å². The molecule has 2 unspecified atom stereocenters. The lowest BCUT2D eigenvalue weighted by molar-refractivity contribution is -0.140. The van der Waals surface area contributed by atoms with Crippen molar-refractivity contribution in [2.45, 2.75) is 43.9 Å². The van der Waals surface area contributed by atoms with Crippen LogP contribution in [0.25, 0.3) is 0 Å². The van der Waals surface area contributed by atoms with Gasteiger partial charge in [0, 0.05) is 24.2 Å². The van der Waals surface area contributed by atoms with Gasteiger partial charge in [-0.3, -0.25) is 30.0 Å². The summed E-state index contributed by atoms with van der Waals surface area (Å²) in [5.41, 5.74) is 7.57. The number of guanidine groups is 1. The molecular formula is C20H24N6O6. The first kappa shape index (κ1) is 22.9. The molecule has 1 aromatic carbocycles. The Morgan fingerprint density at radius 1 is 1.16 bits per heavy atom. The Morgan fingerprint density at radius 2 is 1.88 bits per heavy atom. The number of amides is 2. The molecule has 0 aliphatic carbocycles. The zero-order chi connectivity index (χ0) is 23.3. The van der Waals surface area contributed by atoms with E-state index in [1.165, 1.54) is 0 Å². The van der Waals surface area contributed by atoms with Crippen molar-refractivity contribution in [2.24, 2.45) is 15.7 Å². The van der Waals surface area contributed by atoms with E-state index in [1.807, 2.05) is 0 Å². The second-order valence-corrected chi connectivity index (χ2v) is 7.46. The maximum atomic E-state index is 12.3. The molecule has 0 fully saturated rings. The third kappa shape index (κ3) is 5.88. The van der Waals surface area contributed by atoms with E-state index in [0.717, 1.165) is 11.3 Å². The summed E-state index contributed by atoms with van der Waals surface area (Å²) in [5, 5.41) is 25.8. The van der Waals surface area contributed by atoms with Crippen molar-refractivity contribution in [2.75, 3.05) is 6.54 Å². The summed E-state index contributed by atoms with van der Waals surface area (Å²) >= 11 is 0. The predicted octanol–water partition coefficient (Wildman–Crippen LogP) is -1.15. The summed E-state index contributed by atoms with van der Waals surface area (Å²) < 4.78 is 0. The van der Waals surface area contributed by atoms with E-state index in [0.29, 0.717) is 19.4 Å². The van der Waals surface area contributed by atoms with Crippen LogP contribution in [0.3, 0.4) is 0 Å². The Kier molecular flexibility index (Phi) is 7.15. The molecule has 3 atom stereocenters. The van der Waals surface area contributed by atoms with Gasteiger partial charge in [0.15, 0.2) is 12.0 Å². The molecule has 2 aliphatic rings. The van der Waals surface area contributed by atoms with Crippen LogP contribution in [0.4, 0.5) is 0 Å². The number of hydrogen-bond donors (Lipinski definition) is 6. The number of nitrogens with two attached hydrogens (primary N) is 1. The molecule has 2 amide bonds. The number of rotatable bonds is 9. The van der Waals surface area contributed by atoms with Crippen molar-refractivity contribution >= 4 is 35.4 Å². The van der Waals surface area contributed by atoms with Crippen LogP contribution in [-0.2, 0) is 20.8 Å². The Morgan fingerprint density at radius 3 is 2.53 bits per heavy atom. The number of benzene rings is 1. The van der Waals surface area contributed by atoms with Crippen LogP contribution in [0.1, 0.15) is 35.2 Å². The first-order valence-corrected chi connectivity index (χ1v) is 10.0. The van der Waals surface area contributed by atoms with Gasteiger partial charge < -0.3 is 21.3 Å².